The van der Waals surface area contributed by atoms with Gasteiger partial charge in [-0.1, -0.05) is 0 Å². The molecule has 0 saturated carbocycles. The summed E-state index contributed by atoms with van der Waals surface area (Å²) in [6.45, 7) is 3.77. The summed E-state index contributed by atoms with van der Waals surface area (Å²) in [5, 5.41) is 9.61. The molecule has 0 aromatic carbocycles. The minimum atomic E-state index is -0.589. The van der Waals surface area contributed by atoms with Crippen LogP contribution < -0.4 is 0 Å². The average molecular weight is 223 g/mol. The smallest absolute Gasteiger partial charge is 0.154 e. The second kappa shape index (κ2) is 2.57. The Labute approximate surface area is 94.6 Å². The number of nitrogens with zero attached hydrogens (tertiary/aromatic N) is 1. The molecule has 1 N–H and O–H groups in total. The van der Waals surface area contributed by atoms with Crippen LogP contribution in [0.4, 0.5) is 0 Å². The van der Waals surface area contributed by atoms with Gasteiger partial charge in [0.1, 0.15) is 0 Å². The summed E-state index contributed by atoms with van der Waals surface area (Å²) in [7, 11) is 0. The van der Waals surface area contributed by atoms with E-state index in [-0.39, 0.29) is 18.2 Å². The molecule has 2 atom stereocenters. The van der Waals surface area contributed by atoms with Gasteiger partial charge in [-0.3, -0.25) is 14.5 Å². The molecular formula is C12H17NO3. The molecule has 0 aromatic heterocycles. The molecule has 3 rings (SSSR count). The maximum atomic E-state index is 12.1. The Hall–Kier alpha value is -0.740. The summed E-state index contributed by atoms with van der Waals surface area (Å²) in [6.07, 6.45) is 2.16. The molecule has 2 unspecified atom stereocenters. The number of ketones is 2. The number of rotatable bonds is 1. The lowest BCUT2D eigenvalue weighted by Crippen LogP contribution is -2.55. The van der Waals surface area contributed by atoms with Gasteiger partial charge in [0.05, 0.1) is 23.2 Å². The highest BCUT2D eigenvalue weighted by Gasteiger charge is 2.72. The maximum absolute atomic E-state index is 12.1. The Bertz CT molecular complexity index is 373. The van der Waals surface area contributed by atoms with Crippen LogP contribution in [0.3, 0.4) is 0 Å². The van der Waals surface area contributed by atoms with Crippen LogP contribution in [0.25, 0.3) is 0 Å². The van der Waals surface area contributed by atoms with Crippen LogP contribution in [0.2, 0.25) is 0 Å². The third-order valence-electron chi connectivity index (χ3n) is 5.03. The van der Waals surface area contributed by atoms with E-state index in [4.69, 9.17) is 0 Å². The van der Waals surface area contributed by atoms with Crippen molar-refractivity contribution in [3.8, 4) is 0 Å². The summed E-state index contributed by atoms with van der Waals surface area (Å²) in [6, 6.07) is 0. The van der Waals surface area contributed by atoms with Gasteiger partial charge in [0.25, 0.3) is 0 Å². The standard InChI is InChI=1S/C12H17NO3/c1-10-3-4-11(2)9(16)6-12(7-14,13(10)11)5-8(10)15/h14H,3-7H2,1-2H3. The first-order chi connectivity index (χ1) is 7.39. The third-order valence-corrected chi connectivity index (χ3v) is 5.03. The molecule has 0 aliphatic carbocycles. The van der Waals surface area contributed by atoms with Crippen LogP contribution in [-0.4, -0.2) is 44.8 Å². The molecule has 0 spiro atoms. The fourth-order valence-electron chi connectivity index (χ4n) is 4.21. The SMILES string of the molecule is CC12CCC3(C)C(=O)CC(CO)(CC1=O)N23. The van der Waals surface area contributed by atoms with Gasteiger partial charge in [-0.15, -0.1) is 0 Å². The van der Waals surface area contributed by atoms with Gasteiger partial charge < -0.3 is 5.11 Å². The molecule has 4 heteroatoms. The summed E-state index contributed by atoms with van der Waals surface area (Å²) < 4.78 is 0. The first-order valence-corrected chi connectivity index (χ1v) is 5.87. The van der Waals surface area contributed by atoms with Crippen molar-refractivity contribution >= 4 is 11.6 Å². The molecule has 3 saturated heterocycles. The van der Waals surface area contributed by atoms with Crippen LogP contribution >= 0.6 is 0 Å². The lowest BCUT2D eigenvalue weighted by atomic mass is 9.92. The summed E-state index contributed by atoms with van der Waals surface area (Å²) in [5.41, 5.74) is -1.61. The van der Waals surface area contributed by atoms with Crippen LogP contribution in [0.15, 0.2) is 0 Å². The monoisotopic (exact) mass is 223 g/mol. The zero-order valence-corrected chi connectivity index (χ0v) is 9.75. The Kier molecular flexibility index (Phi) is 1.67. The number of aliphatic hydroxyl groups excluding tert-OH is 1. The van der Waals surface area contributed by atoms with Gasteiger partial charge in [0.2, 0.25) is 0 Å². The van der Waals surface area contributed by atoms with E-state index in [9.17, 15) is 14.7 Å². The highest BCUT2D eigenvalue weighted by Crippen LogP contribution is 2.58. The first kappa shape index (κ1) is 10.4. The van der Waals surface area contributed by atoms with Crippen molar-refractivity contribution in [3.63, 3.8) is 0 Å². The van der Waals surface area contributed by atoms with E-state index in [1.807, 2.05) is 18.7 Å². The van der Waals surface area contributed by atoms with Crippen molar-refractivity contribution in [2.75, 3.05) is 6.61 Å². The molecule has 3 heterocycles. The van der Waals surface area contributed by atoms with Crippen molar-refractivity contribution in [2.24, 2.45) is 0 Å². The molecule has 88 valence electrons. The Morgan fingerprint density at radius 3 is 1.94 bits per heavy atom. The number of aliphatic hydroxyl groups is 1. The molecule has 0 bridgehead atoms. The van der Waals surface area contributed by atoms with E-state index in [1.54, 1.807) is 0 Å². The summed E-state index contributed by atoms with van der Waals surface area (Å²) >= 11 is 0. The normalized spacial score (nSPS) is 51.4. The van der Waals surface area contributed by atoms with Gasteiger partial charge in [0.15, 0.2) is 11.6 Å². The zero-order valence-electron chi connectivity index (χ0n) is 9.75. The Morgan fingerprint density at radius 2 is 1.56 bits per heavy atom. The molecule has 0 amide bonds. The van der Waals surface area contributed by atoms with E-state index in [1.165, 1.54) is 0 Å². The molecule has 3 aliphatic rings. The number of carbonyl (C=O) groups excluding carboxylic acids is 2. The minimum absolute atomic E-state index is 0.0876. The molecule has 0 aromatic rings. The largest absolute Gasteiger partial charge is 0.394 e. The van der Waals surface area contributed by atoms with Gasteiger partial charge in [-0.05, 0) is 26.7 Å². The zero-order chi connectivity index (χ0) is 11.8. The highest BCUT2D eigenvalue weighted by atomic mass is 16.3. The van der Waals surface area contributed by atoms with Crippen molar-refractivity contribution in [2.45, 2.75) is 56.1 Å². The van der Waals surface area contributed by atoms with Crippen molar-refractivity contribution < 1.29 is 14.7 Å². The average Bonchev–Trinajstić information content (AvgIpc) is 2.72. The molecule has 16 heavy (non-hydrogen) atoms. The van der Waals surface area contributed by atoms with Gasteiger partial charge in [-0.2, -0.15) is 0 Å². The van der Waals surface area contributed by atoms with E-state index in [0.717, 1.165) is 12.8 Å². The summed E-state index contributed by atoms with van der Waals surface area (Å²) in [4.78, 5) is 26.3. The third kappa shape index (κ3) is 0.821. The van der Waals surface area contributed by atoms with E-state index >= 15 is 0 Å². The van der Waals surface area contributed by atoms with Gasteiger partial charge in [0, 0.05) is 12.8 Å². The van der Waals surface area contributed by atoms with Crippen LogP contribution in [0, 0.1) is 0 Å². The Morgan fingerprint density at radius 1 is 1.12 bits per heavy atom. The lowest BCUT2D eigenvalue weighted by molar-refractivity contribution is -0.127. The van der Waals surface area contributed by atoms with Crippen molar-refractivity contribution in [1.29, 1.82) is 0 Å². The number of carbonyl (C=O) groups is 2. The predicted octanol–water partition coefficient (Wildman–Crippen LogP) is 0.276. The number of hydrogen-bond acceptors (Lipinski definition) is 4. The van der Waals surface area contributed by atoms with E-state index in [2.05, 4.69) is 0 Å². The number of Topliss-reactive ketones (excluding diaryl/α,β-unsaturated/α-hetero) is 2. The molecule has 0 radical (unpaired) electrons. The fourth-order valence-corrected chi connectivity index (χ4v) is 4.21. The van der Waals surface area contributed by atoms with Gasteiger partial charge in [-0.25, -0.2) is 0 Å². The molecular weight excluding hydrogens is 206 g/mol. The van der Waals surface area contributed by atoms with E-state index < -0.39 is 16.6 Å². The van der Waals surface area contributed by atoms with E-state index in [0.29, 0.717) is 12.8 Å². The van der Waals surface area contributed by atoms with Gasteiger partial charge >= 0.3 is 0 Å². The predicted molar refractivity (Wildman–Crippen MR) is 56.9 cm³/mol. The molecule has 4 nitrogen and oxygen atoms in total. The van der Waals surface area contributed by atoms with Crippen molar-refractivity contribution in [3.05, 3.63) is 0 Å². The fraction of sp³-hybridized carbons (Fsp3) is 0.833. The highest BCUT2D eigenvalue weighted by molar-refractivity contribution is 6.01. The minimum Gasteiger partial charge on any atom is -0.394 e. The second-order valence-corrected chi connectivity index (χ2v) is 5.97. The van der Waals surface area contributed by atoms with Crippen LogP contribution in [0.5, 0.6) is 0 Å². The maximum Gasteiger partial charge on any atom is 0.154 e. The lowest BCUT2D eigenvalue weighted by Gasteiger charge is -2.39. The van der Waals surface area contributed by atoms with Crippen LogP contribution in [-0.2, 0) is 9.59 Å². The Balaban J connectivity index is 2.20. The first-order valence-electron chi connectivity index (χ1n) is 5.87. The van der Waals surface area contributed by atoms with Crippen LogP contribution in [0.1, 0.15) is 39.5 Å². The molecule has 3 aliphatic heterocycles. The van der Waals surface area contributed by atoms with Crippen molar-refractivity contribution in [1.82, 2.24) is 4.90 Å². The summed E-state index contributed by atoms with van der Waals surface area (Å²) in [5.74, 6) is 0.385. The quantitative estimate of drug-likeness (QED) is 0.693. The molecule has 3 fully saturated rings. The topological polar surface area (TPSA) is 57.6 Å². The second-order valence-electron chi connectivity index (χ2n) is 5.97. The number of hydrogen-bond donors (Lipinski definition) is 1.